The average Bonchev–Trinajstić information content (AvgIpc) is 3.01. The number of rotatable bonds is 13. The molecule has 9 heteroatoms. The minimum absolute atomic E-state index is 0.0749. The molecule has 2 amide bonds. The summed E-state index contributed by atoms with van der Waals surface area (Å²) in [5, 5.41) is 3.06. The first-order valence-corrected chi connectivity index (χ1v) is 17.3. The summed E-state index contributed by atoms with van der Waals surface area (Å²) in [5.41, 5.74) is 3.81. The van der Waals surface area contributed by atoms with Gasteiger partial charge in [-0.2, -0.15) is 0 Å². The van der Waals surface area contributed by atoms with Gasteiger partial charge in [0.2, 0.25) is 11.8 Å². The zero-order chi connectivity index (χ0) is 32.6. The molecule has 2 atom stereocenters. The Kier molecular flexibility index (Phi) is 11.6. The molecule has 0 bridgehead atoms. The molecule has 0 aliphatic heterocycles. The normalized spacial score (nSPS) is 12.6. The average molecular weight is 691 g/mol. The third-order valence-corrected chi connectivity index (χ3v) is 9.90. The van der Waals surface area contributed by atoms with Crippen molar-refractivity contribution in [3.63, 3.8) is 0 Å². The molecule has 7 nitrogen and oxygen atoms in total. The van der Waals surface area contributed by atoms with Crippen LogP contribution in [0.2, 0.25) is 0 Å². The van der Waals surface area contributed by atoms with E-state index in [0.717, 1.165) is 37.5 Å². The summed E-state index contributed by atoms with van der Waals surface area (Å²) in [7, 11) is -4.15. The quantitative estimate of drug-likeness (QED) is 0.167. The van der Waals surface area contributed by atoms with E-state index in [4.69, 9.17) is 0 Å². The van der Waals surface area contributed by atoms with E-state index in [1.807, 2.05) is 88.4 Å². The minimum Gasteiger partial charge on any atom is -0.352 e. The van der Waals surface area contributed by atoms with Crippen molar-refractivity contribution in [3.8, 4) is 0 Å². The maximum atomic E-state index is 14.6. The van der Waals surface area contributed by atoms with Crippen molar-refractivity contribution in [3.05, 3.63) is 130 Å². The number of hydrogen-bond donors (Lipinski definition) is 1. The van der Waals surface area contributed by atoms with Gasteiger partial charge < -0.3 is 10.2 Å². The smallest absolute Gasteiger partial charge is 0.264 e. The van der Waals surface area contributed by atoms with Crippen LogP contribution >= 0.6 is 15.9 Å². The van der Waals surface area contributed by atoms with Crippen molar-refractivity contribution in [1.29, 1.82) is 0 Å². The predicted octanol–water partition coefficient (Wildman–Crippen LogP) is 6.82. The number of sulfonamides is 1. The van der Waals surface area contributed by atoms with Gasteiger partial charge in [-0.1, -0.05) is 89.6 Å². The number of carbonyl (C=O) groups excluding carboxylic acids is 2. The first-order chi connectivity index (χ1) is 21.5. The number of nitrogens with one attached hydrogen (secondary N) is 1. The lowest BCUT2D eigenvalue weighted by Gasteiger charge is -2.34. The fourth-order valence-electron chi connectivity index (χ4n) is 5.17. The number of halogens is 1. The number of carbonyl (C=O) groups is 2. The van der Waals surface area contributed by atoms with Crippen molar-refractivity contribution in [2.24, 2.45) is 0 Å². The van der Waals surface area contributed by atoms with Crippen LogP contribution in [0, 0.1) is 13.8 Å². The lowest BCUT2D eigenvalue weighted by Crippen LogP contribution is -2.54. The molecule has 0 radical (unpaired) electrons. The molecule has 2 unspecified atom stereocenters. The molecule has 0 aliphatic carbocycles. The van der Waals surface area contributed by atoms with Gasteiger partial charge in [0, 0.05) is 23.5 Å². The van der Waals surface area contributed by atoms with Gasteiger partial charge in [-0.15, -0.1) is 0 Å². The van der Waals surface area contributed by atoms with Gasteiger partial charge in [0.1, 0.15) is 12.6 Å². The van der Waals surface area contributed by atoms with E-state index >= 15 is 0 Å². The Hall–Kier alpha value is -3.95. The molecule has 236 valence electrons. The number of anilines is 1. The highest BCUT2D eigenvalue weighted by Crippen LogP contribution is 2.27. The molecule has 0 heterocycles. The van der Waals surface area contributed by atoms with Crippen LogP contribution in [0.4, 0.5) is 5.69 Å². The van der Waals surface area contributed by atoms with Crippen LogP contribution in [0.1, 0.15) is 42.5 Å². The highest BCUT2D eigenvalue weighted by Gasteiger charge is 2.35. The van der Waals surface area contributed by atoms with Crippen LogP contribution in [-0.2, 0) is 32.6 Å². The van der Waals surface area contributed by atoms with Crippen LogP contribution in [0.3, 0.4) is 0 Å². The summed E-state index contributed by atoms with van der Waals surface area (Å²) >= 11 is 3.52. The number of nitrogens with zero attached hydrogens (tertiary/aromatic N) is 2. The molecule has 0 fully saturated rings. The summed E-state index contributed by atoms with van der Waals surface area (Å²) in [6, 6.07) is 29.7. The van der Waals surface area contributed by atoms with Gasteiger partial charge in [-0.25, -0.2) is 8.42 Å². The third-order valence-electron chi connectivity index (χ3n) is 7.62. The summed E-state index contributed by atoms with van der Waals surface area (Å²) in [6.07, 6.45) is 0.983. The molecule has 1 N–H and O–H groups in total. The van der Waals surface area contributed by atoms with Gasteiger partial charge >= 0.3 is 0 Å². The second-order valence-corrected chi connectivity index (χ2v) is 14.1. The molecule has 45 heavy (non-hydrogen) atoms. The van der Waals surface area contributed by atoms with Crippen LogP contribution in [-0.4, -0.2) is 43.8 Å². The van der Waals surface area contributed by atoms with Crippen LogP contribution in [0.5, 0.6) is 0 Å². The number of aryl methyl sites for hydroxylation is 2. The Bertz CT molecular complexity index is 1690. The van der Waals surface area contributed by atoms with Gasteiger partial charge in [0.15, 0.2) is 0 Å². The Balaban J connectivity index is 1.83. The van der Waals surface area contributed by atoms with Crippen molar-refractivity contribution >= 4 is 43.5 Å². The highest BCUT2D eigenvalue weighted by molar-refractivity contribution is 9.10. The van der Waals surface area contributed by atoms with E-state index in [2.05, 4.69) is 21.2 Å². The molecular formula is C36H40BrN3O4S. The summed E-state index contributed by atoms with van der Waals surface area (Å²) in [6.45, 7) is 7.30. The minimum atomic E-state index is -4.15. The number of amides is 2. The molecular weight excluding hydrogens is 650 g/mol. The van der Waals surface area contributed by atoms with Crippen molar-refractivity contribution in [2.45, 2.75) is 64.1 Å². The molecule has 0 saturated heterocycles. The molecule has 4 aromatic rings. The van der Waals surface area contributed by atoms with Crippen molar-refractivity contribution < 1.29 is 18.0 Å². The second-order valence-electron chi connectivity index (χ2n) is 11.3. The van der Waals surface area contributed by atoms with E-state index in [-0.39, 0.29) is 29.8 Å². The molecule has 0 aliphatic rings. The van der Waals surface area contributed by atoms with Crippen LogP contribution < -0.4 is 9.62 Å². The number of hydrogen-bond acceptors (Lipinski definition) is 4. The monoisotopic (exact) mass is 689 g/mol. The van der Waals surface area contributed by atoms with Gasteiger partial charge in [-0.3, -0.25) is 13.9 Å². The van der Waals surface area contributed by atoms with Crippen LogP contribution in [0.15, 0.2) is 112 Å². The van der Waals surface area contributed by atoms with Crippen LogP contribution in [0.25, 0.3) is 0 Å². The van der Waals surface area contributed by atoms with E-state index in [1.165, 1.54) is 17.0 Å². The standard InChI is InChI=1S/C36H40BrN3O4S/c1-5-28(4)38-36(42)34(23-29-13-8-6-9-14-29)39(24-30-15-12-16-31(37)22-30)35(41)25-40(32-20-26(2)19-27(3)21-32)45(43,44)33-17-10-7-11-18-33/h6-22,28,34H,5,23-25H2,1-4H3,(H,38,42). The molecule has 0 spiro atoms. The Morgan fingerprint density at radius 1 is 0.822 bits per heavy atom. The van der Waals surface area contributed by atoms with Crippen molar-refractivity contribution in [2.75, 3.05) is 10.8 Å². The Labute approximate surface area is 275 Å². The fraction of sp³-hybridized carbons (Fsp3) is 0.278. The van der Waals surface area contributed by atoms with E-state index in [1.54, 1.807) is 30.3 Å². The Morgan fingerprint density at radius 3 is 2.02 bits per heavy atom. The van der Waals surface area contributed by atoms with E-state index in [9.17, 15) is 18.0 Å². The summed E-state index contributed by atoms with van der Waals surface area (Å²) in [4.78, 5) is 30.1. The van der Waals surface area contributed by atoms with Gasteiger partial charge in [0.05, 0.1) is 10.6 Å². The van der Waals surface area contributed by atoms with Crippen molar-refractivity contribution in [1.82, 2.24) is 10.2 Å². The summed E-state index contributed by atoms with van der Waals surface area (Å²) in [5.74, 6) is -0.783. The second kappa shape index (κ2) is 15.4. The molecule has 4 rings (SSSR count). The maximum Gasteiger partial charge on any atom is 0.264 e. The first-order valence-electron chi connectivity index (χ1n) is 15.0. The predicted molar refractivity (Wildman–Crippen MR) is 183 cm³/mol. The SMILES string of the molecule is CCC(C)NC(=O)C(Cc1ccccc1)N(Cc1cccc(Br)c1)C(=O)CN(c1cc(C)cc(C)c1)S(=O)(=O)c1ccccc1. The van der Waals surface area contributed by atoms with Gasteiger partial charge in [-0.05, 0) is 85.8 Å². The zero-order valence-corrected chi connectivity index (χ0v) is 28.5. The Morgan fingerprint density at radius 2 is 1.42 bits per heavy atom. The number of benzene rings is 4. The fourth-order valence-corrected chi connectivity index (χ4v) is 7.04. The first kappa shape index (κ1) is 33.9. The topological polar surface area (TPSA) is 86.8 Å². The largest absolute Gasteiger partial charge is 0.352 e. The molecule has 0 aromatic heterocycles. The third kappa shape index (κ3) is 9.05. The molecule has 4 aromatic carbocycles. The lowest BCUT2D eigenvalue weighted by atomic mass is 10.0. The maximum absolute atomic E-state index is 14.6. The van der Waals surface area contributed by atoms with Gasteiger partial charge in [0.25, 0.3) is 10.0 Å². The van der Waals surface area contributed by atoms with E-state index in [0.29, 0.717) is 5.69 Å². The zero-order valence-electron chi connectivity index (χ0n) is 26.1. The molecule has 0 saturated carbocycles. The summed E-state index contributed by atoms with van der Waals surface area (Å²) < 4.78 is 30.3. The lowest BCUT2D eigenvalue weighted by molar-refractivity contribution is -0.140. The van der Waals surface area contributed by atoms with E-state index < -0.39 is 28.5 Å². The highest BCUT2D eigenvalue weighted by atomic mass is 79.9.